The molecule has 5 nitrogen and oxygen atoms in total. The van der Waals surface area contributed by atoms with E-state index in [-0.39, 0.29) is 11.8 Å². The van der Waals surface area contributed by atoms with Gasteiger partial charge >= 0.3 is 0 Å². The van der Waals surface area contributed by atoms with Crippen molar-refractivity contribution in [3.8, 4) is 0 Å². The molecule has 3 heterocycles. The molecule has 1 aromatic heterocycles. The molecule has 0 saturated carbocycles. The van der Waals surface area contributed by atoms with Gasteiger partial charge in [-0.2, -0.15) is 0 Å². The lowest BCUT2D eigenvalue weighted by Gasteiger charge is -2.28. The number of hydrogen-bond acceptors (Lipinski definition) is 5. The molecule has 4 rings (SSSR count). The topological polar surface area (TPSA) is 52.7 Å². The highest BCUT2D eigenvalue weighted by atomic mass is 32.1. The van der Waals surface area contributed by atoms with E-state index < -0.39 is 0 Å². The first kappa shape index (κ1) is 16.8. The summed E-state index contributed by atoms with van der Waals surface area (Å²) < 4.78 is 0. The van der Waals surface area contributed by atoms with Gasteiger partial charge in [0.1, 0.15) is 5.70 Å². The minimum atomic E-state index is -0.293. The zero-order chi connectivity index (χ0) is 18.1. The summed E-state index contributed by atoms with van der Waals surface area (Å²) in [6.45, 7) is 2.19. The van der Waals surface area contributed by atoms with Crippen molar-refractivity contribution in [1.82, 2.24) is 4.90 Å². The Bertz CT molecular complexity index is 850. The average Bonchev–Trinajstić information content (AvgIpc) is 3.27. The summed E-state index contributed by atoms with van der Waals surface area (Å²) in [4.78, 5) is 29.4. The molecule has 0 unspecified atom stereocenters. The molecule has 1 aromatic carbocycles. The van der Waals surface area contributed by atoms with Gasteiger partial charge in [-0.25, -0.2) is 0 Å². The van der Waals surface area contributed by atoms with E-state index in [4.69, 9.17) is 0 Å². The van der Waals surface area contributed by atoms with Crippen LogP contribution < -0.4 is 10.2 Å². The van der Waals surface area contributed by atoms with Gasteiger partial charge in [0.15, 0.2) is 0 Å². The van der Waals surface area contributed by atoms with E-state index in [1.165, 1.54) is 48.2 Å². The zero-order valence-corrected chi connectivity index (χ0v) is 15.5. The number of anilines is 2. The highest BCUT2D eigenvalue weighted by Gasteiger charge is 2.37. The molecule has 2 aliphatic heterocycles. The highest BCUT2D eigenvalue weighted by Crippen LogP contribution is 2.32. The van der Waals surface area contributed by atoms with Gasteiger partial charge < -0.3 is 10.2 Å². The van der Waals surface area contributed by atoms with Crippen molar-refractivity contribution < 1.29 is 9.59 Å². The Morgan fingerprint density at radius 2 is 1.69 bits per heavy atom. The summed E-state index contributed by atoms with van der Waals surface area (Å²) in [7, 11) is 1.52. The molecule has 2 aromatic rings. The minimum Gasteiger partial charge on any atom is -0.372 e. The number of carbonyl (C=O) groups is 2. The van der Waals surface area contributed by atoms with Gasteiger partial charge in [-0.15, -0.1) is 11.3 Å². The molecule has 0 radical (unpaired) electrons. The van der Waals surface area contributed by atoms with Crippen molar-refractivity contribution >= 4 is 40.1 Å². The van der Waals surface area contributed by atoms with E-state index in [2.05, 4.69) is 22.3 Å². The standard InChI is InChI=1S/C20H21N3O2S/c1-22-19(24)17(16-6-5-13-26-16)18(20(22)25)21-14-7-9-15(10-8-14)23-11-3-2-4-12-23/h5-10,13,21H,2-4,11-12H2,1H3. The molecule has 1 N–H and O–H groups in total. The predicted molar refractivity (Wildman–Crippen MR) is 105 cm³/mol. The van der Waals surface area contributed by atoms with Gasteiger partial charge in [0.2, 0.25) is 0 Å². The molecule has 2 aliphatic rings. The summed E-state index contributed by atoms with van der Waals surface area (Å²) >= 11 is 1.46. The number of nitrogens with zero attached hydrogens (tertiary/aromatic N) is 2. The molecule has 0 aliphatic carbocycles. The van der Waals surface area contributed by atoms with E-state index in [1.54, 1.807) is 0 Å². The smallest absolute Gasteiger partial charge is 0.277 e. The Labute approximate surface area is 156 Å². The third kappa shape index (κ3) is 3.01. The Balaban J connectivity index is 1.60. The van der Waals surface area contributed by atoms with E-state index in [1.807, 2.05) is 29.6 Å². The van der Waals surface area contributed by atoms with Crippen molar-refractivity contribution in [2.24, 2.45) is 0 Å². The van der Waals surface area contributed by atoms with Crippen LogP contribution in [0.15, 0.2) is 47.5 Å². The second-order valence-electron chi connectivity index (χ2n) is 6.62. The van der Waals surface area contributed by atoms with Crippen molar-refractivity contribution in [2.75, 3.05) is 30.4 Å². The van der Waals surface area contributed by atoms with Crippen LogP contribution in [0.3, 0.4) is 0 Å². The van der Waals surface area contributed by atoms with Crippen LogP contribution in [-0.4, -0.2) is 36.9 Å². The molecule has 2 amide bonds. The van der Waals surface area contributed by atoms with Crippen LogP contribution in [0.1, 0.15) is 24.1 Å². The number of imide groups is 1. The molecule has 134 valence electrons. The Morgan fingerprint density at radius 3 is 2.35 bits per heavy atom. The fraction of sp³-hybridized carbons (Fsp3) is 0.300. The maximum atomic E-state index is 12.5. The predicted octanol–water partition coefficient (Wildman–Crippen LogP) is 3.56. The van der Waals surface area contributed by atoms with Crippen LogP contribution >= 0.6 is 11.3 Å². The number of thiophene rings is 1. The van der Waals surface area contributed by atoms with Crippen LogP contribution in [-0.2, 0) is 9.59 Å². The molecule has 1 saturated heterocycles. The number of carbonyl (C=O) groups excluding carboxylic acids is 2. The molecule has 6 heteroatoms. The number of nitrogens with one attached hydrogen (secondary N) is 1. The third-order valence-electron chi connectivity index (χ3n) is 4.91. The molecular weight excluding hydrogens is 346 g/mol. The van der Waals surface area contributed by atoms with Crippen molar-refractivity contribution in [2.45, 2.75) is 19.3 Å². The highest BCUT2D eigenvalue weighted by molar-refractivity contribution is 7.11. The average molecular weight is 367 g/mol. The number of rotatable bonds is 4. The number of piperidine rings is 1. The molecule has 1 fully saturated rings. The van der Waals surface area contributed by atoms with E-state index in [0.29, 0.717) is 11.3 Å². The number of amides is 2. The third-order valence-corrected chi connectivity index (χ3v) is 5.80. The van der Waals surface area contributed by atoms with Gasteiger partial charge in [0.05, 0.1) is 5.57 Å². The first-order chi connectivity index (χ1) is 12.6. The van der Waals surface area contributed by atoms with Crippen molar-refractivity contribution in [3.05, 3.63) is 52.4 Å². The van der Waals surface area contributed by atoms with Gasteiger partial charge in [-0.05, 0) is 55.0 Å². The quantitative estimate of drug-likeness (QED) is 0.840. The lowest BCUT2D eigenvalue weighted by Crippen LogP contribution is -2.29. The lowest BCUT2D eigenvalue weighted by atomic mass is 10.1. The zero-order valence-electron chi connectivity index (χ0n) is 14.7. The Hall–Kier alpha value is -2.60. The number of hydrogen-bond donors (Lipinski definition) is 1. The molecule has 0 spiro atoms. The second kappa shape index (κ2) is 6.96. The van der Waals surface area contributed by atoms with Gasteiger partial charge in [-0.1, -0.05) is 6.07 Å². The van der Waals surface area contributed by atoms with Gasteiger partial charge in [0, 0.05) is 36.4 Å². The van der Waals surface area contributed by atoms with E-state index in [9.17, 15) is 9.59 Å². The summed E-state index contributed by atoms with van der Waals surface area (Å²) in [6, 6.07) is 11.8. The van der Waals surface area contributed by atoms with E-state index in [0.717, 1.165) is 23.7 Å². The number of likely N-dealkylation sites (N-methyl/N-ethyl adjacent to an activating group) is 1. The maximum Gasteiger partial charge on any atom is 0.277 e. The number of benzene rings is 1. The lowest BCUT2D eigenvalue weighted by molar-refractivity contribution is -0.135. The normalized spacial score (nSPS) is 18.0. The summed E-state index contributed by atoms with van der Waals surface area (Å²) in [5.41, 5.74) is 2.82. The van der Waals surface area contributed by atoms with Crippen LogP contribution in [0.5, 0.6) is 0 Å². The molecule has 26 heavy (non-hydrogen) atoms. The summed E-state index contributed by atoms with van der Waals surface area (Å²) in [6.07, 6.45) is 3.78. The molecule has 0 bridgehead atoms. The Kier molecular flexibility index (Phi) is 4.51. The molecular formula is C20H21N3O2S. The summed E-state index contributed by atoms with van der Waals surface area (Å²) in [5.74, 6) is -0.552. The SMILES string of the molecule is CN1C(=O)C(Nc2ccc(N3CCCCC3)cc2)=C(c2cccs2)C1=O. The first-order valence-electron chi connectivity index (χ1n) is 8.88. The second-order valence-corrected chi connectivity index (χ2v) is 7.56. The maximum absolute atomic E-state index is 12.5. The monoisotopic (exact) mass is 367 g/mol. The first-order valence-corrected chi connectivity index (χ1v) is 9.75. The largest absolute Gasteiger partial charge is 0.372 e. The van der Waals surface area contributed by atoms with Crippen LogP contribution in [0.4, 0.5) is 11.4 Å². The Morgan fingerprint density at radius 1 is 0.962 bits per heavy atom. The minimum absolute atomic E-state index is 0.259. The van der Waals surface area contributed by atoms with Crippen LogP contribution in [0.25, 0.3) is 5.57 Å². The van der Waals surface area contributed by atoms with Gasteiger partial charge in [-0.3, -0.25) is 14.5 Å². The molecule has 0 atom stereocenters. The fourth-order valence-electron chi connectivity index (χ4n) is 3.46. The van der Waals surface area contributed by atoms with E-state index >= 15 is 0 Å². The van der Waals surface area contributed by atoms with Gasteiger partial charge in [0.25, 0.3) is 11.8 Å². The van der Waals surface area contributed by atoms with Crippen molar-refractivity contribution in [3.63, 3.8) is 0 Å². The van der Waals surface area contributed by atoms with Crippen LogP contribution in [0, 0.1) is 0 Å². The van der Waals surface area contributed by atoms with Crippen molar-refractivity contribution in [1.29, 1.82) is 0 Å². The summed E-state index contributed by atoms with van der Waals surface area (Å²) in [5, 5.41) is 5.08. The fourth-order valence-corrected chi connectivity index (χ4v) is 4.23. The van der Waals surface area contributed by atoms with Crippen LogP contribution in [0.2, 0.25) is 0 Å².